The summed E-state index contributed by atoms with van der Waals surface area (Å²) >= 11 is 0. The molecule has 0 unspecified atom stereocenters. The molecule has 2 N–H and O–H groups in total. The molecule has 0 aliphatic heterocycles. The van der Waals surface area contributed by atoms with Crippen molar-refractivity contribution < 1.29 is 0 Å². The summed E-state index contributed by atoms with van der Waals surface area (Å²) in [6.07, 6.45) is 8.04. The summed E-state index contributed by atoms with van der Waals surface area (Å²) < 4.78 is 0. The number of aromatic nitrogens is 1. The zero-order valence-corrected chi connectivity index (χ0v) is 10.5. The van der Waals surface area contributed by atoms with E-state index in [1.807, 2.05) is 32.1 Å². The number of hydrogen-bond donors (Lipinski definition) is 1. The van der Waals surface area contributed by atoms with Crippen LogP contribution in [-0.4, -0.2) is 4.98 Å². The maximum Gasteiger partial charge on any atom is 0.0928 e. The zero-order chi connectivity index (χ0) is 12.2. The van der Waals surface area contributed by atoms with Gasteiger partial charge in [0.15, 0.2) is 0 Å². The predicted octanol–water partition coefficient (Wildman–Crippen LogP) is 3.46. The van der Waals surface area contributed by atoms with Gasteiger partial charge in [-0.05, 0) is 12.1 Å². The Kier molecular flexibility index (Phi) is 3.88. The van der Waals surface area contributed by atoms with Crippen LogP contribution in [0.2, 0.25) is 0 Å². The molecule has 1 heterocycles. The van der Waals surface area contributed by atoms with Crippen LogP contribution in [0.1, 0.15) is 39.0 Å². The third-order valence-electron chi connectivity index (χ3n) is 2.33. The van der Waals surface area contributed by atoms with E-state index in [1.54, 1.807) is 6.20 Å². The summed E-state index contributed by atoms with van der Waals surface area (Å²) in [4.78, 5) is 4.28. The van der Waals surface area contributed by atoms with Crippen LogP contribution < -0.4 is 5.73 Å². The Morgan fingerprint density at radius 3 is 2.62 bits per heavy atom. The van der Waals surface area contributed by atoms with Crippen LogP contribution in [0, 0.1) is 5.41 Å². The first-order chi connectivity index (χ1) is 7.58. The second kappa shape index (κ2) is 4.97. The van der Waals surface area contributed by atoms with E-state index in [4.69, 9.17) is 5.73 Å². The first-order valence-electron chi connectivity index (χ1n) is 5.71. The first-order valence-corrected chi connectivity index (χ1v) is 5.71. The average molecular weight is 216 g/mol. The molecule has 2 heteroatoms. The number of hydrogen-bond acceptors (Lipinski definition) is 2. The van der Waals surface area contributed by atoms with Gasteiger partial charge < -0.3 is 5.73 Å². The molecule has 16 heavy (non-hydrogen) atoms. The smallest absolute Gasteiger partial charge is 0.0928 e. The predicted molar refractivity (Wildman–Crippen MR) is 70.6 cm³/mol. The Morgan fingerprint density at radius 2 is 1.94 bits per heavy atom. The fourth-order valence-electron chi connectivity index (χ4n) is 1.62. The Bertz CT molecular complexity index is 414. The summed E-state index contributed by atoms with van der Waals surface area (Å²) in [5, 5.41) is 0. The lowest BCUT2D eigenvalue weighted by Crippen LogP contribution is -2.06. The summed E-state index contributed by atoms with van der Waals surface area (Å²) in [6.45, 7) is 8.25. The standard InChI is InChI=1S/C12H14N2.C2H6/c1-12(2)6-5-9-4-3-7-14-11(9)10(13)8-12;1-2/h3-8H,13H2,1-2H3;1-2H3. The van der Waals surface area contributed by atoms with Crippen molar-refractivity contribution in [2.75, 3.05) is 0 Å². The van der Waals surface area contributed by atoms with Gasteiger partial charge in [0.1, 0.15) is 0 Å². The van der Waals surface area contributed by atoms with E-state index in [-0.39, 0.29) is 5.41 Å². The van der Waals surface area contributed by atoms with Crippen molar-refractivity contribution in [3.8, 4) is 0 Å². The Morgan fingerprint density at radius 1 is 1.25 bits per heavy atom. The van der Waals surface area contributed by atoms with E-state index in [0.29, 0.717) is 0 Å². The van der Waals surface area contributed by atoms with Gasteiger partial charge >= 0.3 is 0 Å². The van der Waals surface area contributed by atoms with Crippen LogP contribution >= 0.6 is 0 Å². The van der Waals surface area contributed by atoms with Crippen molar-refractivity contribution in [1.82, 2.24) is 4.98 Å². The highest BCUT2D eigenvalue weighted by atomic mass is 14.7. The fourth-order valence-corrected chi connectivity index (χ4v) is 1.62. The SMILES string of the molecule is CC.CC1(C)C=Cc2cccnc2C(N)=C1. The van der Waals surface area contributed by atoms with Crippen LogP contribution in [-0.2, 0) is 0 Å². The molecule has 0 amide bonds. The van der Waals surface area contributed by atoms with Gasteiger partial charge in [-0.1, -0.05) is 45.9 Å². The van der Waals surface area contributed by atoms with Crippen LogP contribution in [0.15, 0.2) is 30.5 Å². The molecule has 2 rings (SSSR count). The molecule has 0 fully saturated rings. The first kappa shape index (κ1) is 12.5. The summed E-state index contributed by atoms with van der Waals surface area (Å²) in [5.74, 6) is 0. The minimum Gasteiger partial charge on any atom is -0.397 e. The topological polar surface area (TPSA) is 38.9 Å². The molecule has 0 aromatic carbocycles. The molecule has 0 saturated carbocycles. The molecule has 1 aromatic heterocycles. The molecule has 1 aliphatic carbocycles. The fraction of sp³-hybridized carbons (Fsp3) is 0.357. The van der Waals surface area contributed by atoms with E-state index in [9.17, 15) is 0 Å². The van der Waals surface area contributed by atoms with E-state index in [0.717, 1.165) is 17.0 Å². The van der Waals surface area contributed by atoms with E-state index >= 15 is 0 Å². The molecule has 1 aliphatic rings. The van der Waals surface area contributed by atoms with Crippen LogP contribution in [0.4, 0.5) is 0 Å². The van der Waals surface area contributed by atoms with Crippen molar-refractivity contribution in [3.63, 3.8) is 0 Å². The average Bonchev–Trinajstić information content (AvgIpc) is 2.39. The summed E-state index contributed by atoms with van der Waals surface area (Å²) in [6, 6.07) is 3.95. The number of nitrogens with zero attached hydrogens (tertiary/aromatic N) is 1. The van der Waals surface area contributed by atoms with Gasteiger partial charge in [0, 0.05) is 17.2 Å². The third kappa shape index (κ3) is 2.72. The van der Waals surface area contributed by atoms with Gasteiger partial charge in [0.2, 0.25) is 0 Å². The molecule has 0 spiro atoms. The van der Waals surface area contributed by atoms with Crippen molar-refractivity contribution in [1.29, 1.82) is 0 Å². The van der Waals surface area contributed by atoms with Crippen molar-refractivity contribution in [2.45, 2.75) is 27.7 Å². The molecule has 0 saturated heterocycles. The lowest BCUT2D eigenvalue weighted by molar-refractivity contribution is 0.631. The number of rotatable bonds is 0. The Balaban J connectivity index is 0.000000606. The highest BCUT2D eigenvalue weighted by molar-refractivity contribution is 5.72. The van der Waals surface area contributed by atoms with Gasteiger partial charge in [0.05, 0.1) is 11.4 Å². The Labute approximate surface area is 97.9 Å². The highest BCUT2D eigenvalue weighted by Crippen LogP contribution is 2.28. The molecule has 2 nitrogen and oxygen atoms in total. The second-order valence-electron chi connectivity index (χ2n) is 4.20. The quantitative estimate of drug-likeness (QED) is 0.721. The van der Waals surface area contributed by atoms with Gasteiger partial charge in [-0.25, -0.2) is 0 Å². The number of fused-ring (bicyclic) bond motifs is 1. The minimum absolute atomic E-state index is 0.00475. The number of allylic oxidation sites excluding steroid dienone is 2. The van der Waals surface area contributed by atoms with Crippen LogP contribution in [0.25, 0.3) is 11.8 Å². The van der Waals surface area contributed by atoms with Crippen molar-refractivity contribution >= 4 is 11.8 Å². The Hall–Kier alpha value is -1.57. The molecular weight excluding hydrogens is 196 g/mol. The minimum atomic E-state index is 0.00475. The van der Waals surface area contributed by atoms with Crippen molar-refractivity contribution in [3.05, 3.63) is 41.7 Å². The van der Waals surface area contributed by atoms with Crippen LogP contribution in [0.3, 0.4) is 0 Å². The maximum atomic E-state index is 5.98. The summed E-state index contributed by atoms with van der Waals surface area (Å²) in [5.41, 5.74) is 8.72. The highest BCUT2D eigenvalue weighted by Gasteiger charge is 2.16. The van der Waals surface area contributed by atoms with E-state index in [1.165, 1.54) is 0 Å². The third-order valence-corrected chi connectivity index (χ3v) is 2.33. The zero-order valence-electron chi connectivity index (χ0n) is 10.5. The molecule has 1 aromatic rings. The molecule has 0 radical (unpaired) electrons. The largest absolute Gasteiger partial charge is 0.397 e. The van der Waals surface area contributed by atoms with E-state index in [2.05, 4.69) is 31.0 Å². The lowest BCUT2D eigenvalue weighted by Gasteiger charge is -2.13. The van der Waals surface area contributed by atoms with Crippen LogP contribution in [0.5, 0.6) is 0 Å². The molecular formula is C14H20N2. The monoisotopic (exact) mass is 216 g/mol. The normalized spacial score (nSPS) is 16.4. The van der Waals surface area contributed by atoms with Gasteiger partial charge in [0.25, 0.3) is 0 Å². The number of nitrogens with two attached hydrogens (primary N) is 1. The molecule has 0 atom stereocenters. The van der Waals surface area contributed by atoms with Gasteiger partial charge in [-0.3, -0.25) is 4.98 Å². The second-order valence-corrected chi connectivity index (χ2v) is 4.20. The van der Waals surface area contributed by atoms with Crippen molar-refractivity contribution in [2.24, 2.45) is 11.1 Å². The number of pyridine rings is 1. The van der Waals surface area contributed by atoms with Gasteiger partial charge in [-0.15, -0.1) is 0 Å². The molecule has 0 bridgehead atoms. The molecule has 86 valence electrons. The summed E-state index contributed by atoms with van der Waals surface area (Å²) in [7, 11) is 0. The maximum absolute atomic E-state index is 5.98. The lowest BCUT2D eigenvalue weighted by atomic mass is 9.92. The van der Waals surface area contributed by atoms with Gasteiger partial charge in [-0.2, -0.15) is 0 Å². The van der Waals surface area contributed by atoms with E-state index < -0.39 is 0 Å².